The van der Waals surface area contributed by atoms with Crippen molar-refractivity contribution in [2.24, 2.45) is 5.92 Å². The van der Waals surface area contributed by atoms with Crippen LogP contribution in [-0.2, 0) is 11.2 Å². The molecular formula is C13H19NO2. The van der Waals surface area contributed by atoms with Gasteiger partial charge in [-0.2, -0.15) is 0 Å². The third-order valence-corrected chi connectivity index (χ3v) is 2.56. The highest BCUT2D eigenvalue weighted by molar-refractivity contribution is 5.78. The lowest BCUT2D eigenvalue weighted by molar-refractivity contribution is -0.132. The minimum Gasteiger partial charge on any atom is -0.497 e. The van der Waals surface area contributed by atoms with Crippen LogP contribution in [0.3, 0.4) is 0 Å². The Kier molecular flexibility index (Phi) is 4.35. The molecule has 1 unspecified atom stereocenters. The number of hydrogen-bond acceptors (Lipinski definition) is 2. The van der Waals surface area contributed by atoms with Crippen molar-refractivity contribution in [2.75, 3.05) is 21.2 Å². The highest BCUT2D eigenvalue weighted by Crippen LogP contribution is 2.15. The molecule has 0 N–H and O–H groups in total. The highest BCUT2D eigenvalue weighted by Gasteiger charge is 2.14. The summed E-state index contributed by atoms with van der Waals surface area (Å²) >= 11 is 0. The van der Waals surface area contributed by atoms with E-state index in [9.17, 15) is 4.79 Å². The second kappa shape index (κ2) is 5.54. The minimum absolute atomic E-state index is 0.0170. The van der Waals surface area contributed by atoms with Crippen LogP contribution in [0.25, 0.3) is 0 Å². The minimum atomic E-state index is 0.0170. The Bertz CT molecular complexity index is 343. The van der Waals surface area contributed by atoms with Crippen molar-refractivity contribution in [3.05, 3.63) is 29.8 Å². The van der Waals surface area contributed by atoms with E-state index in [0.717, 1.165) is 17.7 Å². The molecule has 0 aromatic heterocycles. The summed E-state index contributed by atoms with van der Waals surface area (Å²) in [4.78, 5) is 13.3. The van der Waals surface area contributed by atoms with Crippen LogP contribution in [0.4, 0.5) is 0 Å². The lowest BCUT2D eigenvalue weighted by atomic mass is 10.00. The molecule has 0 spiro atoms. The molecule has 1 aromatic carbocycles. The first-order valence-electron chi connectivity index (χ1n) is 5.38. The standard InChI is InChI=1S/C13H19NO2/c1-10(13(15)14(2)3)9-11-5-7-12(16-4)8-6-11/h5-8,10H,9H2,1-4H3. The number of amides is 1. The van der Waals surface area contributed by atoms with Crippen LogP contribution in [-0.4, -0.2) is 32.0 Å². The van der Waals surface area contributed by atoms with Crippen LogP contribution in [0.1, 0.15) is 12.5 Å². The van der Waals surface area contributed by atoms with Crippen LogP contribution < -0.4 is 4.74 Å². The van der Waals surface area contributed by atoms with Gasteiger partial charge in [0.2, 0.25) is 5.91 Å². The van der Waals surface area contributed by atoms with Gasteiger partial charge in [0.15, 0.2) is 0 Å². The summed E-state index contributed by atoms with van der Waals surface area (Å²) in [6, 6.07) is 7.83. The second-order valence-corrected chi connectivity index (χ2v) is 4.19. The first kappa shape index (κ1) is 12.6. The number of rotatable bonds is 4. The van der Waals surface area contributed by atoms with Gasteiger partial charge >= 0.3 is 0 Å². The zero-order chi connectivity index (χ0) is 12.1. The summed E-state index contributed by atoms with van der Waals surface area (Å²) < 4.78 is 5.08. The molecule has 0 saturated carbocycles. The first-order valence-corrected chi connectivity index (χ1v) is 5.38. The fourth-order valence-corrected chi connectivity index (χ4v) is 1.64. The van der Waals surface area contributed by atoms with Crippen LogP contribution in [0.15, 0.2) is 24.3 Å². The van der Waals surface area contributed by atoms with E-state index >= 15 is 0 Å². The molecule has 1 amide bonds. The number of nitrogens with zero attached hydrogens (tertiary/aromatic N) is 1. The predicted octanol–water partition coefficient (Wildman–Crippen LogP) is 1.96. The molecule has 16 heavy (non-hydrogen) atoms. The van der Waals surface area contributed by atoms with Crippen molar-refractivity contribution in [2.45, 2.75) is 13.3 Å². The molecule has 0 fully saturated rings. The average molecular weight is 221 g/mol. The molecule has 0 saturated heterocycles. The number of hydrogen-bond donors (Lipinski definition) is 0. The molecular weight excluding hydrogens is 202 g/mol. The van der Waals surface area contributed by atoms with Crippen molar-refractivity contribution in [3.63, 3.8) is 0 Å². The van der Waals surface area contributed by atoms with Gasteiger partial charge in [-0.15, -0.1) is 0 Å². The van der Waals surface area contributed by atoms with E-state index in [0.29, 0.717) is 0 Å². The average Bonchev–Trinajstić information content (AvgIpc) is 2.28. The lowest BCUT2D eigenvalue weighted by Crippen LogP contribution is -2.29. The molecule has 0 radical (unpaired) electrons. The number of benzene rings is 1. The fourth-order valence-electron chi connectivity index (χ4n) is 1.64. The van der Waals surface area contributed by atoms with Gasteiger partial charge in [-0.3, -0.25) is 4.79 Å². The number of carbonyl (C=O) groups is 1. The molecule has 3 heteroatoms. The molecule has 88 valence electrons. The number of methoxy groups -OCH3 is 1. The van der Waals surface area contributed by atoms with E-state index in [1.807, 2.05) is 31.2 Å². The van der Waals surface area contributed by atoms with E-state index in [-0.39, 0.29) is 11.8 Å². The first-order chi connectivity index (χ1) is 7.54. The summed E-state index contributed by atoms with van der Waals surface area (Å²) in [5.74, 6) is 1.02. The Morgan fingerprint density at radius 2 is 1.88 bits per heavy atom. The fraction of sp³-hybridized carbons (Fsp3) is 0.462. The molecule has 1 atom stereocenters. The monoisotopic (exact) mass is 221 g/mol. The quantitative estimate of drug-likeness (QED) is 0.778. The predicted molar refractivity (Wildman–Crippen MR) is 64.6 cm³/mol. The Morgan fingerprint density at radius 3 is 2.31 bits per heavy atom. The van der Waals surface area contributed by atoms with Gasteiger partial charge in [-0.25, -0.2) is 0 Å². The van der Waals surface area contributed by atoms with Crippen molar-refractivity contribution < 1.29 is 9.53 Å². The maximum Gasteiger partial charge on any atom is 0.225 e. The summed E-state index contributed by atoms with van der Waals surface area (Å²) in [5.41, 5.74) is 1.16. The SMILES string of the molecule is COc1ccc(CC(C)C(=O)N(C)C)cc1. The molecule has 0 bridgehead atoms. The van der Waals surface area contributed by atoms with Gasteiger partial charge in [0, 0.05) is 20.0 Å². The van der Waals surface area contributed by atoms with Crippen molar-refractivity contribution in [1.29, 1.82) is 0 Å². The van der Waals surface area contributed by atoms with Gasteiger partial charge in [-0.05, 0) is 24.1 Å². The lowest BCUT2D eigenvalue weighted by Gasteiger charge is -2.16. The van der Waals surface area contributed by atoms with E-state index in [4.69, 9.17) is 4.74 Å². The third kappa shape index (κ3) is 3.26. The van der Waals surface area contributed by atoms with Crippen LogP contribution in [0.5, 0.6) is 5.75 Å². The molecule has 0 aliphatic rings. The van der Waals surface area contributed by atoms with E-state index in [1.165, 1.54) is 0 Å². The van der Waals surface area contributed by atoms with Crippen molar-refractivity contribution in [1.82, 2.24) is 4.90 Å². The van der Waals surface area contributed by atoms with Gasteiger partial charge < -0.3 is 9.64 Å². The Labute approximate surface area is 97.0 Å². The Balaban J connectivity index is 2.62. The zero-order valence-corrected chi connectivity index (χ0v) is 10.4. The Morgan fingerprint density at radius 1 is 1.31 bits per heavy atom. The highest BCUT2D eigenvalue weighted by atomic mass is 16.5. The molecule has 1 rings (SSSR count). The molecule has 0 aliphatic carbocycles. The Hall–Kier alpha value is -1.51. The zero-order valence-electron chi connectivity index (χ0n) is 10.4. The van der Waals surface area contributed by atoms with Crippen LogP contribution in [0.2, 0.25) is 0 Å². The summed E-state index contributed by atoms with van der Waals surface area (Å²) in [6.07, 6.45) is 0.765. The smallest absolute Gasteiger partial charge is 0.225 e. The maximum atomic E-state index is 11.7. The summed E-state index contributed by atoms with van der Waals surface area (Å²) in [6.45, 7) is 1.95. The van der Waals surface area contributed by atoms with E-state index in [2.05, 4.69) is 0 Å². The van der Waals surface area contributed by atoms with E-state index < -0.39 is 0 Å². The van der Waals surface area contributed by atoms with Gasteiger partial charge in [0.05, 0.1) is 7.11 Å². The normalized spacial score (nSPS) is 12.0. The maximum absolute atomic E-state index is 11.7. The summed E-state index contributed by atoms with van der Waals surface area (Å²) in [5, 5.41) is 0. The van der Waals surface area contributed by atoms with Crippen LogP contribution in [0, 0.1) is 5.92 Å². The van der Waals surface area contributed by atoms with Gasteiger partial charge in [0.25, 0.3) is 0 Å². The third-order valence-electron chi connectivity index (χ3n) is 2.56. The van der Waals surface area contributed by atoms with Crippen molar-refractivity contribution >= 4 is 5.91 Å². The molecule has 0 heterocycles. The van der Waals surface area contributed by atoms with E-state index in [1.54, 1.807) is 26.1 Å². The van der Waals surface area contributed by atoms with Crippen molar-refractivity contribution in [3.8, 4) is 5.75 Å². The number of carbonyl (C=O) groups excluding carboxylic acids is 1. The topological polar surface area (TPSA) is 29.5 Å². The number of ether oxygens (including phenoxy) is 1. The van der Waals surface area contributed by atoms with Gasteiger partial charge in [-0.1, -0.05) is 19.1 Å². The molecule has 0 aliphatic heterocycles. The molecule has 1 aromatic rings. The molecule has 3 nitrogen and oxygen atoms in total. The second-order valence-electron chi connectivity index (χ2n) is 4.19. The van der Waals surface area contributed by atoms with Crippen LogP contribution >= 0.6 is 0 Å². The van der Waals surface area contributed by atoms with Gasteiger partial charge in [0.1, 0.15) is 5.75 Å². The summed E-state index contributed by atoms with van der Waals surface area (Å²) in [7, 11) is 5.22. The largest absolute Gasteiger partial charge is 0.497 e.